The van der Waals surface area contributed by atoms with Crippen molar-refractivity contribution in [1.82, 2.24) is 10.8 Å². The van der Waals surface area contributed by atoms with Gasteiger partial charge in [0.15, 0.2) is 0 Å². The lowest BCUT2D eigenvalue weighted by atomic mass is 9.86. The van der Waals surface area contributed by atoms with E-state index in [-0.39, 0.29) is 11.9 Å². The number of carbonyl (C=O) groups is 2. The molecule has 124 valence electrons. The number of hydrogen-bond donors (Lipinski definition) is 3. The molecule has 0 saturated carbocycles. The zero-order valence-electron chi connectivity index (χ0n) is 13.5. The fourth-order valence-corrected chi connectivity index (χ4v) is 3.12. The SMILES string of the molecule is Cc1ccc(C(=O)NC2CCCc3cc(C(=O)NO)ccc32)cc1. The molecule has 0 spiro atoms. The summed E-state index contributed by atoms with van der Waals surface area (Å²) in [6.07, 6.45) is 2.67. The molecule has 2 amide bonds. The van der Waals surface area contributed by atoms with Gasteiger partial charge in [0.05, 0.1) is 6.04 Å². The Morgan fingerprint density at radius 2 is 1.75 bits per heavy atom. The van der Waals surface area contributed by atoms with Gasteiger partial charge < -0.3 is 5.32 Å². The molecule has 5 nitrogen and oxygen atoms in total. The van der Waals surface area contributed by atoms with Crippen molar-refractivity contribution in [3.8, 4) is 0 Å². The molecule has 1 aliphatic carbocycles. The van der Waals surface area contributed by atoms with Gasteiger partial charge in [-0.2, -0.15) is 0 Å². The monoisotopic (exact) mass is 324 g/mol. The van der Waals surface area contributed by atoms with Crippen molar-refractivity contribution in [3.05, 3.63) is 70.3 Å². The van der Waals surface area contributed by atoms with E-state index in [9.17, 15) is 9.59 Å². The van der Waals surface area contributed by atoms with Gasteiger partial charge in [-0.05, 0) is 61.6 Å². The van der Waals surface area contributed by atoms with Crippen molar-refractivity contribution in [2.45, 2.75) is 32.2 Å². The maximum absolute atomic E-state index is 12.4. The van der Waals surface area contributed by atoms with Gasteiger partial charge in [-0.3, -0.25) is 14.8 Å². The van der Waals surface area contributed by atoms with Crippen LogP contribution in [0.5, 0.6) is 0 Å². The molecule has 1 atom stereocenters. The Balaban J connectivity index is 1.80. The second kappa shape index (κ2) is 6.84. The van der Waals surface area contributed by atoms with Crippen LogP contribution in [0.25, 0.3) is 0 Å². The minimum Gasteiger partial charge on any atom is -0.345 e. The Bertz CT molecular complexity index is 769. The van der Waals surface area contributed by atoms with Crippen LogP contribution in [0.2, 0.25) is 0 Å². The van der Waals surface area contributed by atoms with E-state index in [0.29, 0.717) is 11.1 Å². The highest BCUT2D eigenvalue weighted by atomic mass is 16.5. The van der Waals surface area contributed by atoms with Crippen LogP contribution < -0.4 is 10.8 Å². The number of carbonyl (C=O) groups excluding carboxylic acids is 2. The summed E-state index contributed by atoms with van der Waals surface area (Å²) >= 11 is 0. The number of hydrogen-bond acceptors (Lipinski definition) is 3. The van der Waals surface area contributed by atoms with Crippen LogP contribution in [0.4, 0.5) is 0 Å². The largest absolute Gasteiger partial charge is 0.345 e. The molecule has 0 saturated heterocycles. The number of benzene rings is 2. The molecule has 24 heavy (non-hydrogen) atoms. The predicted octanol–water partition coefficient (Wildman–Crippen LogP) is 2.92. The highest BCUT2D eigenvalue weighted by molar-refractivity contribution is 5.95. The molecular formula is C19H20N2O3. The topological polar surface area (TPSA) is 78.4 Å². The second-order valence-corrected chi connectivity index (χ2v) is 6.14. The Morgan fingerprint density at radius 3 is 2.46 bits per heavy atom. The molecule has 1 aliphatic rings. The van der Waals surface area contributed by atoms with E-state index < -0.39 is 5.91 Å². The van der Waals surface area contributed by atoms with Gasteiger partial charge in [-0.15, -0.1) is 0 Å². The third kappa shape index (κ3) is 3.31. The van der Waals surface area contributed by atoms with Crippen LogP contribution in [0.3, 0.4) is 0 Å². The van der Waals surface area contributed by atoms with Crippen LogP contribution in [-0.4, -0.2) is 17.0 Å². The Morgan fingerprint density at radius 1 is 1.04 bits per heavy atom. The zero-order chi connectivity index (χ0) is 17.1. The lowest BCUT2D eigenvalue weighted by Gasteiger charge is -2.27. The molecule has 0 radical (unpaired) electrons. The summed E-state index contributed by atoms with van der Waals surface area (Å²) in [5, 5.41) is 11.8. The zero-order valence-corrected chi connectivity index (χ0v) is 13.5. The maximum Gasteiger partial charge on any atom is 0.274 e. The lowest BCUT2D eigenvalue weighted by Crippen LogP contribution is -2.31. The summed E-state index contributed by atoms with van der Waals surface area (Å²) in [5.41, 5.74) is 5.90. The Hall–Kier alpha value is -2.66. The average molecular weight is 324 g/mol. The standard InChI is InChI=1S/C19H20N2O3/c1-12-5-7-13(8-6-12)18(22)20-17-4-2-3-14-11-15(19(23)21-24)9-10-16(14)17/h5-11,17,24H,2-4H2,1H3,(H,20,22)(H,21,23). The average Bonchev–Trinajstić information content (AvgIpc) is 2.61. The van der Waals surface area contributed by atoms with Gasteiger partial charge in [0.1, 0.15) is 0 Å². The molecule has 0 heterocycles. The molecule has 2 aromatic carbocycles. The first kappa shape index (κ1) is 16.2. The summed E-state index contributed by atoms with van der Waals surface area (Å²) in [7, 11) is 0. The third-order valence-electron chi connectivity index (χ3n) is 4.44. The van der Waals surface area contributed by atoms with Crippen molar-refractivity contribution < 1.29 is 14.8 Å². The molecule has 0 aromatic heterocycles. The van der Waals surface area contributed by atoms with Gasteiger partial charge in [0, 0.05) is 11.1 Å². The number of rotatable bonds is 3. The maximum atomic E-state index is 12.4. The second-order valence-electron chi connectivity index (χ2n) is 6.14. The molecule has 0 aliphatic heterocycles. The van der Waals surface area contributed by atoms with Crippen molar-refractivity contribution in [3.63, 3.8) is 0 Å². The summed E-state index contributed by atoms with van der Waals surface area (Å²) in [6.45, 7) is 1.99. The molecule has 0 bridgehead atoms. The van der Waals surface area contributed by atoms with E-state index in [1.807, 2.05) is 37.3 Å². The van der Waals surface area contributed by atoms with E-state index in [2.05, 4.69) is 5.32 Å². The first-order valence-corrected chi connectivity index (χ1v) is 8.03. The van der Waals surface area contributed by atoms with Crippen LogP contribution in [-0.2, 0) is 6.42 Å². The van der Waals surface area contributed by atoms with Gasteiger partial charge in [0.25, 0.3) is 11.8 Å². The van der Waals surface area contributed by atoms with E-state index in [4.69, 9.17) is 5.21 Å². The number of hydroxylamine groups is 1. The van der Waals surface area contributed by atoms with E-state index in [1.165, 1.54) is 0 Å². The normalized spacial score (nSPS) is 16.2. The van der Waals surface area contributed by atoms with Gasteiger partial charge in [-0.25, -0.2) is 5.48 Å². The van der Waals surface area contributed by atoms with Crippen molar-refractivity contribution in [2.24, 2.45) is 0 Å². The first-order valence-electron chi connectivity index (χ1n) is 8.03. The fourth-order valence-electron chi connectivity index (χ4n) is 3.12. The summed E-state index contributed by atoms with van der Waals surface area (Å²) in [6, 6.07) is 12.7. The fraction of sp³-hybridized carbons (Fsp3) is 0.263. The van der Waals surface area contributed by atoms with Crippen molar-refractivity contribution >= 4 is 11.8 Å². The van der Waals surface area contributed by atoms with E-state index >= 15 is 0 Å². The lowest BCUT2D eigenvalue weighted by molar-refractivity contribution is 0.0706. The Labute approximate surface area is 140 Å². The molecule has 5 heteroatoms. The van der Waals surface area contributed by atoms with Crippen molar-refractivity contribution in [1.29, 1.82) is 0 Å². The summed E-state index contributed by atoms with van der Waals surface area (Å²) in [4.78, 5) is 24.0. The predicted molar refractivity (Wildman–Crippen MR) is 90.0 cm³/mol. The van der Waals surface area contributed by atoms with E-state index in [1.54, 1.807) is 17.6 Å². The number of fused-ring (bicyclic) bond motifs is 1. The van der Waals surface area contributed by atoms with E-state index in [0.717, 1.165) is 36.0 Å². The quantitative estimate of drug-likeness (QED) is 0.600. The molecule has 3 rings (SSSR count). The molecular weight excluding hydrogens is 304 g/mol. The Kier molecular flexibility index (Phi) is 4.62. The third-order valence-corrected chi connectivity index (χ3v) is 4.44. The minimum atomic E-state index is -0.524. The number of aryl methyl sites for hydroxylation is 2. The molecule has 1 unspecified atom stereocenters. The summed E-state index contributed by atoms with van der Waals surface area (Å²) in [5.74, 6) is -0.617. The van der Waals surface area contributed by atoms with Crippen LogP contribution in [0.1, 0.15) is 56.3 Å². The number of amides is 2. The van der Waals surface area contributed by atoms with Crippen molar-refractivity contribution in [2.75, 3.05) is 0 Å². The smallest absolute Gasteiger partial charge is 0.274 e. The summed E-state index contributed by atoms with van der Waals surface area (Å²) < 4.78 is 0. The van der Waals surface area contributed by atoms with Crippen LogP contribution in [0, 0.1) is 6.92 Å². The van der Waals surface area contributed by atoms with Crippen LogP contribution >= 0.6 is 0 Å². The van der Waals surface area contributed by atoms with Gasteiger partial charge in [0.2, 0.25) is 0 Å². The van der Waals surface area contributed by atoms with Gasteiger partial charge in [-0.1, -0.05) is 23.8 Å². The highest BCUT2D eigenvalue weighted by Crippen LogP contribution is 2.30. The van der Waals surface area contributed by atoms with Gasteiger partial charge >= 0.3 is 0 Å². The highest BCUT2D eigenvalue weighted by Gasteiger charge is 2.23. The number of nitrogens with one attached hydrogen (secondary N) is 2. The molecule has 0 fully saturated rings. The first-order chi connectivity index (χ1) is 11.6. The molecule has 2 aromatic rings. The minimum absolute atomic E-state index is 0.0613. The van der Waals surface area contributed by atoms with Crippen LogP contribution in [0.15, 0.2) is 42.5 Å². The molecule has 3 N–H and O–H groups in total.